The van der Waals surface area contributed by atoms with Gasteiger partial charge in [0.25, 0.3) is 0 Å². The van der Waals surface area contributed by atoms with Gasteiger partial charge in [-0.2, -0.15) is 10.2 Å². The summed E-state index contributed by atoms with van der Waals surface area (Å²) in [4.78, 5) is 0. The SMILES string of the molecule is CN(C)S(C)(C)C. The number of rotatable bonds is 1. The van der Waals surface area contributed by atoms with E-state index >= 15 is 0 Å². The zero-order chi connectivity index (χ0) is 6.08. The zero-order valence-corrected chi connectivity index (χ0v) is 6.67. The van der Waals surface area contributed by atoms with Gasteiger partial charge < -0.3 is 0 Å². The summed E-state index contributed by atoms with van der Waals surface area (Å²) in [5, 5.41) is 0. The first-order chi connectivity index (χ1) is 2.94. The van der Waals surface area contributed by atoms with Crippen LogP contribution in [0.5, 0.6) is 0 Å². The van der Waals surface area contributed by atoms with Crippen molar-refractivity contribution in [1.29, 1.82) is 0 Å². The molecule has 46 valence electrons. The predicted molar refractivity (Wildman–Crippen MR) is 39.1 cm³/mol. The van der Waals surface area contributed by atoms with Crippen LogP contribution < -0.4 is 0 Å². The molecule has 0 rings (SSSR count). The highest BCUT2D eigenvalue weighted by Crippen LogP contribution is 2.35. The Morgan fingerprint density at radius 3 is 1.14 bits per heavy atom. The van der Waals surface area contributed by atoms with Crippen LogP contribution in [0.3, 0.4) is 0 Å². The lowest BCUT2D eigenvalue weighted by molar-refractivity contribution is 0.688. The fourth-order valence-corrected chi connectivity index (χ4v) is 0. The van der Waals surface area contributed by atoms with E-state index < -0.39 is 10.2 Å². The average Bonchev–Trinajstić information content (AvgIpc) is 1.31. The van der Waals surface area contributed by atoms with Gasteiger partial charge in [-0.25, -0.2) is 0 Å². The summed E-state index contributed by atoms with van der Waals surface area (Å²) in [7, 11) is 3.83. The molecule has 2 heteroatoms. The van der Waals surface area contributed by atoms with E-state index in [9.17, 15) is 0 Å². The lowest BCUT2D eigenvalue weighted by atomic mass is 11.3. The van der Waals surface area contributed by atoms with Gasteiger partial charge in [-0.15, -0.1) is 0 Å². The summed E-state index contributed by atoms with van der Waals surface area (Å²) in [5.74, 6) is 0. The summed E-state index contributed by atoms with van der Waals surface area (Å²) in [6, 6.07) is 0. The monoisotopic (exact) mass is 121 g/mol. The van der Waals surface area contributed by atoms with Gasteiger partial charge in [0.2, 0.25) is 0 Å². The molecule has 0 heterocycles. The first kappa shape index (κ1) is 7.31. The molecule has 0 amide bonds. The fourth-order valence-electron chi connectivity index (χ4n) is 0. The van der Waals surface area contributed by atoms with Crippen LogP contribution in [-0.4, -0.2) is 37.2 Å². The molecule has 0 spiro atoms. The lowest BCUT2D eigenvalue weighted by Gasteiger charge is -2.33. The topological polar surface area (TPSA) is 3.24 Å². The molecule has 0 aliphatic rings. The molecule has 0 atom stereocenters. The maximum absolute atomic E-state index is 2.27. The Morgan fingerprint density at radius 1 is 1.00 bits per heavy atom. The van der Waals surface area contributed by atoms with Gasteiger partial charge in [-0.3, -0.25) is 4.31 Å². The second kappa shape index (κ2) is 2.05. The van der Waals surface area contributed by atoms with Crippen molar-refractivity contribution in [2.24, 2.45) is 0 Å². The Labute approximate surface area is 48.2 Å². The largest absolute Gasteiger partial charge is 0.274 e. The van der Waals surface area contributed by atoms with E-state index in [0.717, 1.165) is 0 Å². The second-order valence-corrected chi connectivity index (χ2v) is 6.86. The minimum absolute atomic E-state index is 0.407. The predicted octanol–water partition coefficient (Wildman–Crippen LogP) is 1.16. The quantitative estimate of drug-likeness (QED) is 0.503. The van der Waals surface area contributed by atoms with Crippen molar-refractivity contribution in [1.82, 2.24) is 4.31 Å². The maximum atomic E-state index is 2.27. The molecule has 0 aromatic rings. The van der Waals surface area contributed by atoms with Crippen molar-refractivity contribution in [3.63, 3.8) is 0 Å². The second-order valence-electron chi connectivity index (χ2n) is 2.58. The van der Waals surface area contributed by atoms with Gasteiger partial charge in [-0.1, -0.05) is 0 Å². The highest BCUT2D eigenvalue weighted by Gasteiger charge is 2.03. The van der Waals surface area contributed by atoms with Crippen LogP contribution in [0.25, 0.3) is 0 Å². The first-order valence-electron chi connectivity index (χ1n) is 2.30. The Balaban J connectivity index is 3.54. The normalized spacial score (nSPS) is 15.1. The Bertz CT molecular complexity index is 53.6. The van der Waals surface area contributed by atoms with Crippen molar-refractivity contribution in [2.75, 3.05) is 32.9 Å². The minimum atomic E-state index is -0.407. The van der Waals surface area contributed by atoms with E-state index in [1.165, 1.54) is 0 Å². The van der Waals surface area contributed by atoms with Gasteiger partial charge in [0.15, 0.2) is 0 Å². The molecule has 0 saturated heterocycles. The van der Waals surface area contributed by atoms with Crippen molar-refractivity contribution in [3.05, 3.63) is 0 Å². The number of hydrogen-bond donors (Lipinski definition) is 0. The van der Waals surface area contributed by atoms with E-state index in [1.807, 2.05) is 0 Å². The highest BCUT2D eigenvalue weighted by atomic mass is 32.3. The molecule has 1 nitrogen and oxygen atoms in total. The molecule has 0 N–H and O–H groups in total. The molecule has 0 aromatic carbocycles. The van der Waals surface area contributed by atoms with Crippen LogP contribution in [0.1, 0.15) is 0 Å². The molecule has 7 heavy (non-hydrogen) atoms. The van der Waals surface area contributed by atoms with E-state index in [1.54, 1.807) is 0 Å². The van der Waals surface area contributed by atoms with E-state index in [4.69, 9.17) is 0 Å². The van der Waals surface area contributed by atoms with Gasteiger partial charge in [0.1, 0.15) is 0 Å². The maximum Gasteiger partial charge on any atom is -0.00440 e. The summed E-state index contributed by atoms with van der Waals surface area (Å²) in [6.45, 7) is 0. The van der Waals surface area contributed by atoms with Crippen molar-refractivity contribution in [2.45, 2.75) is 0 Å². The van der Waals surface area contributed by atoms with Crippen LogP contribution >= 0.6 is 10.2 Å². The van der Waals surface area contributed by atoms with Crippen LogP contribution in [0.15, 0.2) is 0 Å². The van der Waals surface area contributed by atoms with Crippen molar-refractivity contribution < 1.29 is 0 Å². The van der Waals surface area contributed by atoms with Crippen molar-refractivity contribution >= 4 is 10.2 Å². The number of hydrogen-bond acceptors (Lipinski definition) is 1. The van der Waals surface area contributed by atoms with Gasteiger partial charge in [-0.05, 0) is 32.9 Å². The smallest absolute Gasteiger partial charge is 0.00440 e. The summed E-state index contributed by atoms with van der Waals surface area (Å²) >= 11 is 0. The van der Waals surface area contributed by atoms with Gasteiger partial charge >= 0.3 is 0 Å². The van der Waals surface area contributed by atoms with Gasteiger partial charge in [0, 0.05) is 0 Å². The Hall–Kier alpha value is 0.310. The van der Waals surface area contributed by atoms with Crippen LogP contribution in [0, 0.1) is 0 Å². The highest BCUT2D eigenvalue weighted by molar-refractivity contribution is 8.30. The Morgan fingerprint density at radius 2 is 1.14 bits per heavy atom. The zero-order valence-electron chi connectivity index (χ0n) is 5.86. The summed E-state index contributed by atoms with van der Waals surface area (Å²) in [6.07, 6.45) is 6.81. The molecule has 0 aliphatic carbocycles. The molecular formula is C5H15NS. The van der Waals surface area contributed by atoms with E-state index in [2.05, 4.69) is 37.2 Å². The third-order valence-corrected chi connectivity index (χ3v) is 3.29. The lowest BCUT2D eigenvalue weighted by Crippen LogP contribution is -2.15. The molecule has 0 fully saturated rings. The molecule has 0 radical (unpaired) electrons. The molecule has 0 unspecified atom stereocenters. The first-order valence-corrected chi connectivity index (χ1v) is 5.12. The van der Waals surface area contributed by atoms with Crippen molar-refractivity contribution in [3.8, 4) is 0 Å². The van der Waals surface area contributed by atoms with Gasteiger partial charge in [0.05, 0.1) is 0 Å². The summed E-state index contributed by atoms with van der Waals surface area (Å²) < 4.78 is 2.27. The van der Waals surface area contributed by atoms with Crippen LogP contribution in [-0.2, 0) is 0 Å². The van der Waals surface area contributed by atoms with Crippen LogP contribution in [0.2, 0.25) is 0 Å². The molecule has 0 aromatic heterocycles. The standard InChI is InChI=1S/C5H15NS/c1-6(2)7(3,4)5/h1-5H3. The Kier molecular flexibility index (Phi) is 2.14. The molecule has 0 bridgehead atoms. The average molecular weight is 121 g/mol. The third-order valence-electron chi connectivity index (χ3n) is 1.10. The van der Waals surface area contributed by atoms with E-state index in [-0.39, 0.29) is 0 Å². The number of nitrogens with zero attached hydrogens (tertiary/aromatic N) is 1. The molecule has 0 aliphatic heterocycles. The fraction of sp³-hybridized carbons (Fsp3) is 1.00. The molecular weight excluding hydrogens is 106 g/mol. The van der Waals surface area contributed by atoms with Crippen LogP contribution in [0.4, 0.5) is 0 Å². The molecule has 0 saturated carbocycles. The third kappa shape index (κ3) is 2.94. The van der Waals surface area contributed by atoms with E-state index in [0.29, 0.717) is 0 Å². The minimum Gasteiger partial charge on any atom is -0.274 e. The summed E-state index contributed by atoms with van der Waals surface area (Å²) in [5.41, 5.74) is 0.